The van der Waals surface area contributed by atoms with Gasteiger partial charge in [-0.3, -0.25) is 4.72 Å². The Balaban J connectivity index is 2.35. The van der Waals surface area contributed by atoms with Crippen LogP contribution in [0.3, 0.4) is 0 Å². The molecule has 0 saturated heterocycles. The third-order valence-corrected chi connectivity index (χ3v) is 5.32. The van der Waals surface area contributed by atoms with Gasteiger partial charge in [-0.25, -0.2) is 8.42 Å². The molecule has 0 unspecified atom stereocenters. The Morgan fingerprint density at radius 1 is 0.952 bits per heavy atom. The van der Waals surface area contributed by atoms with Gasteiger partial charge in [-0.15, -0.1) is 0 Å². The fourth-order valence-electron chi connectivity index (χ4n) is 2.87. The van der Waals surface area contributed by atoms with Gasteiger partial charge in [0.2, 0.25) is 0 Å². The van der Waals surface area contributed by atoms with Crippen molar-refractivity contribution >= 4 is 21.3 Å². The third kappa shape index (κ3) is 2.25. The molecule has 0 aliphatic carbocycles. The summed E-state index contributed by atoms with van der Waals surface area (Å²) < 4.78 is 27.9. The van der Waals surface area contributed by atoms with Crippen LogP contribution in [0.15, 0.2) is 47.4 Å². The molecule has 0 aromatic heterocycles. The molecule has 0 fully saturated rings. The first kappa shape index (κ1) is 13.9. The van der Waals surface area contributed by atoms with Gasteiger partial charge in [0.25, 0.3) is 10.0 Å². The number of hydrogen-bond donors (Lipinski definition) is 1. The molecule has 1 N–H and O–H groups in total. The van der Waals surface area contributed by atoms with Crippen molar-refractivity contribution in [2.45, 2.75) is 25.7 Å². The molecule has 3 rings (SSSR count). The summed E-state index contributed by atoms with van der Waals surface area (Å²) in [6, 6.07) is 13.4. The maximum absolute atomic E-state index is 12.6. The van der Waals surface area contributed by atoms with Gasteiger partial charge in [0.1, 0.15) is 0 Å². The number of allylic oxidation sites excluding steroid dienone is 1. The lowest BCUT2D eigenvalue weighted by molar-refractivity contribution is 0.590. The van der Waals surface area contributed by atoms with Gasteiger partial charge in [0.15, 0.2) is 0 Å². The van der Waals surface area contributed by atoms with Crippen LogP contribution < -0.4 is 4.72 Å². The van der Waals surface area contributed by atoms with E-state index in [0.717, 1.165) is 27.8 Å². The lowest BCUT2D eigenvalue weighted by Gasteiger charge is -2.25. The van der Waals surface area contributed by atoms with Gasteiger partial charge >= 0.3 is 0 Å². The first-order chi connectivity index (χ1) is 9.90. The highest BCUT2D eigenvalue weighted by Gasteiger charge is 2.29. The number of aryl methyl sites for hydroxylation is 2. The summed E-state index contributed by atoms with van der Waals surface area (Å²) in [5.74, 6) is 0. The second-order valence-corrected chi connectivity index (χ2v) is 7.05. The Morgan fingerprint density at radius 3 is 2.29 bits per heavy atom. The monoisotopic (exact) mass is 299 g/mol. The van der Waals surface area contributed by atoms with Crippen LogP contribution in [-0.2, 0) is 10.0 Å². The van der Waals surface area contributed by atoms with Crippen molar-refractivity contribution in [2.75, 3.05) is 0 Å². The minimum absolute atomic E-state index is 0.394. The van der Waals surface area contributed by atoms with Crippen LogP contribution in [0.4, 0.5) is 0 Å². The molecular weight excluding hydrogens is 282 g/mol. The van der Waals surface area contributed by atoms with E-state index in [1.807, 2.05) is 63.2 Å². The van der Waals surface area contributed by atoms with Crippen LogP contribution in [-0.4, -0.2) is 8.42 Å². The van der Waals surface area contributed by atoms with Crippen LogP contribution in [0, 0.1) is 13.8 Å². The summed E-state index contributed by atoms with van der Waals surface area (Å²) in [4.78, 5) is 0.394. The first-order valence-corrected chi connectivity index (χ1v) is 8.29. The minimum Gasteiger partial charge on any atom is -0.279 e. The molecule has 3 nitrogen and oxygen atoms in total. The molecule has 0 amide bonds. The Labute approximate surface area is 125 Å². The fraction of sp³-hybridized carbons (Fsp3) is 0.176. The average molecular weight is 299 g/mol. The molecule has 108 valence electrons. The number of nitrogens with one attached hydrogen (secondary N) is 1. The summed E-state index contributed by atoms with van der Waals surface area (Å²) in [6.45, 7) is 5.78. The normalized spacial score (nSPS) is 16.3. The van der Waals surface area contributed by atoms with Crippen LogP contribution in [0.1, 0.15) is 29.2 Å². The zero-order chi connectivity index (χ0) is 15.2. The third-order valence-electron chi connectivity index (χ3n) is 3.77. The molecule has 0 saturated carbocycles. The zero-order valence-corrected chi connectivity index (χ0v) is 13.1. The molecular formula is C17H17NO2S. The summed E-state index contributed by atoms with van der Waals surface area (Å²) in [5, 5.41) is 0. The van der Waals surface area contributed by atoms with Gasteiger partial charge in [0.05, 0.1) is 10.6 Å². The summed E-state index contributed by atoms with van der Waals surface area (Å²) in [7, 11) is -3.53. The maximum Gasteiger partial charge on any atom is 0.262 e. The molecule has 2 aromatic rings. The van der Waals surface area contributed by atoms with Gasteiger partial charge in [-0.1, -0.05) is 48.0 Å². The minimum atomic E-state index is -3.53. The van der Waals surface area contributed by atoms with E-state index in [9.17, 15) is 8.42 Å². The van der Waals surface area contributed by atoms with E-state index in [4.69, 9.17) is 0 Å². The van der Waals surface area contributed by atoms with Crippen molar-refractivity contribution in [1.82, 2.24) is 4.72 Å². The van der Waals surface area contributed by atoms with Crippen LogP contribution in [0.5, 0.6) is 0 Å². The largest absolute Gasteiger partial charge is 0.279 e. The molecule has 2 aromatic carbocycles. The second-order valence-electron chi connectivity index (χ2n) is 5.43. The predicted molar refractivity (Wildman–Crippen MR) is 85.2 cm³/mol. The quantitative estimate of drug-likeness (QED) is 0.876. The van der Waals surface area contributed by atoms with Gasteiger partial charge in [-0.2, -0.15) is 0 Å². The van der Waals surface area contributed by atoms with Crippen molar-refractivity contribution in [2.24, 2.45) is 0 Å². The molecule has 4 heteroatoms. The Bertz CT molecular complexity index is 850. The second kappa shape index (κ2) is 4.74. The topological polar surface area (TPSA) is 46.2 Å². The predicted octanol–water partition coefficient (Wildman–Crippen LogP) is 3.48. The lowest BCUT2D eigenvalue weighted by atomic mass is 9.97. The van der Waals surface area contributed by atoms with Gasteiger partial charge in [-0.05, 0) is 37.5 Å². The standard InChI is InChI=1S/C17H17NO2S/c1-11-9-12(2)17-15(10-11)13(3)16(18-21(17,19)20)14-7-5-4-6-8-14/h4-10,18H,1-3H3. The van der Waals surface area contributed by atoms with E-state index in [1.54, 1.807) is 0 Å². The van der Waals surface area contributed by atoms with Crippen molar-refractivity contribution in [1.29, 1.82) is 0 Å². The highest BCUT2D eigenvalue weighted by Crippen LogP contribution is 2.36. The smallest absolute Gasteiger partial charge is 0.262 e. The summed E-state index contributed by atoms with van der Waals surface area (Å²) in [5.41, 5.74) is 5.14. The Morgan fingerprint density at radius 2 is 1.62 bits per heavy atom. The highest BCUT2D eigenvalue weighted by molar-refractivity contribution is 7.90. The number of sulfonamides is 1. The molecule has 0 atom stereocenters. The van der Waals surface area contributed by atoms with Crippen LogP contribution in [0.25, 0.3) is 11.3 Å². The molecule has 21 heavy (non-hydrogen) atoms. The Kier molecular flexibility index (Phi) is 3.14. The lowest BCUT2D eigenvalue weighted by Crippen LogP contribution is -2.28. The molecule has 0 radical (unpaired) electrons. The molecule has 0 spiro atoms. The molecule has 0 bridgehead atoms. The van der Waals surface area contributed by atoms with Crippen molar-refractivity contribution in [3.05, 3.63) is 64.7 Å². The van der Waals surface area contributed by atoms with E-state index >= 15 is 0 Å². The average Bonchev–Trinajstić information content (AvgIpc) is 2.42. The van der Waals surface area contributed by atoms with E-state index < -0.39 is 10.0 Å². The van der Waals surface area contributed by atoms with E-state index in [1.165, 1.54) is 0 Å². The van der Waals surface area contributed by atoms with Crippen molar-refractivity contribution in [3.8, 4) is 0 Å². The number of fused-ring (bicyclic) bond motifs is 1. The number of hydrogen-bond acceptors (Lipinski definition) is 2. The Hall–Kier alpha value is -2.07. The fourth-order valence-corrected chi connectivity index (χ4v) is 4.49. The SMILES string of the molecule is CC1=C(c2ccccc2)NS(=O)(=O)c2c(C)cc(C)cc21. The molecule has 1 aliphatic heterocycles. The van der Waals surface area contributed by atoms with Gasteiger partial charge < -0.3 is 0 Å². The molecule has 1 heterocycles. The van der Waals surface area contributed by atoms with E-state index in [2.05, 4.69) is 4.72 Å². The summed E-state index contributed by atoms with van der Waals surface area (Å²) >= 11 is 0. The van der Waals surface area contributed by atoms with Gasteiger partial charge in [0, 0.05) is 5.56 Å². The number of benzene rings is 2. The van der Waals surface area contributed by atoms with Crippen molar-refractivity contribution in [3.63, 3.8) is 0 Å². The molecule has 1 aliphatic rings. The zero-order valence-electron chi connectivity index (χ0n) is 12.3. The van der Waals surface area contributed by atoms with E-state index in [0.29, 0.717) is 10.6 Å². The summed E-state index contributed by atoms with van der Waals surface area (Å²) in [6.07, 6.45) is 0. The highest BCUT2D eigenvalue weighted by atomic mass is 32.2. The maximum atomic E-state index is 12.6. The van der Waals surface area contributed by atoms with E-state index in [-0.39, 0.29) is 0 Å². The number of rotatable bonds is 1. The van der Waals surface area contributed by atoms with Crippen LogP contribution >= 0.6 is 0 Å². The van der Waals surface area contributed by atoms with Crippen molar-refractivity contribution < 1.29 is 8.42 Å². The van der Waals surface area contributed by atoms with Crippen LogP contribution in [0.2, 0.25) is 0 Å². The first-order valence-electron chi connectivity index (χ1n) is 6.81.